The molecule has 0 aliphatic carbocycles. The second-order valence-electron chi connectivity index (χ2n) is 4.07. The topological polar surface area (TPSA) is 28.7 Å². The minimum atomic E-state index is -0.267. The van der Waals surface area contributed by atoms with E-state index >= 15 is 0 Å². The number of halogens is 1. The SMILES string of the molecule is Cc1ncc(-c2ccc3[nH]ccc3c2)cc1F. The first-order valence-corrected chi connectivity index (χ1v) is 5.44. The average molecular weight is 226 g/mol. The van der Waals surface area contributed by atoms with Crippen LogP contribution in [-0.4, -0.2) is 9.97 Å². The maximum absolute atomic E-state index is 13.5. The largest absolute Gasteiger partial charge is 0.361 e. The number of nitrogens with zero attached hydrogens (tertiary/aromatic N) is 1. The zero-order valence-electron chi connectivity index (χ0n) is 9.37. The Kier molecular flexibility index (Phi) is 2.18. The maximum Gasteiger partial charge on any atom is 0.145 e. The second kappa shape index (κ2) is 3.70. The summed E-state index contributed by atoms with van der Waals surface area (Å²) in [4.78, 5) is 7.17. The van der Waals surface area contributed by atoms with Crippen LogP contribution >= 0.6 is 0 Å². The van der Waals surface area contributed by atoms with E-state index in [2.05, 4.69) is 9.97 Å². The summed E-state index contributed by atoms with van der Waals surface area (Å²) in [5, 5.41) is 1.11. The van der Waals surface area contributed by atoms with Gasteiger partial charge in [-0.15, -0.1) is 0 Å². The molecule has 3 aromatic rings. The van der Waals surface area contributed by atoms with E-state index in [1.807, 2.05) is 30.5 Å². The highest BCUT2D eigenvalue weighted by molar-refractivity contribution is 5.84. The van der Waals surface area contributed by atoms with E-state index in [1.165, 1.54) is 6.07 Å². The fraction of sp³-hybridized carbons (Fsp3) is 0.0714. The summed E-state index contributed by atoms with van der Waals surface area (Å²) < 4.78 is 13.5. The fourth-order valence-electron chi connectivity index (χ4n) is 1.90. The summed E-state index contributed by atoms with van der Waals surface area (Å²) >= 11 is 0. The zero-order valence-corrected chi connectivity index (χ0v) is 9.37. The van der Waals surface area contributed by atoms with Crippen LogP contribution in [0.5, 0.6) is 0 Å². The van der Waals surface area contributed by atoms with Gasteiger partial charge in [-0.1, -0.05) is 6.07 Å². The molecule has 0 saturated heterocycles. The second-order valence-corrected chi connectivity index (χ2v) is 4.07. The van der Waals surface area contributed by atoms with Gasteiger partial charge in [0, 0.05) is 23.5 Å². The number of aromatic nitrogens is 2. The highest BCUT2D eigenvalue weighted by atomic mass is 19.1. The normalized spacial score (nSPS) is 10.9. The van der Waals surface area contributed by atoms with Crippen LogP contribution in [0, 0.1) is 12.7 Å². The Labute approximate surface area is 98.1 Å². The van der Waals surface area contributed by atoms with Crippen molar-refractivity contribution in [1.82, 2.24) is 9.97 Å². The van der Waals surface area contributed by atoms with Crippen LogP contribution in [0.4, 0.5) is 4.39 Å². The molecule has 0 saturated carbocycles. The van der Waals surface area contributed by atoms with Crippen LogP contribution in [0.15, 0.2) is 42.7 Å². The average Bonchev–Trinajstić information content (AvgIpc) is 2.79. The molecular formula is C14H11FN2. The molecule has 0 radical (unpaired) electrons. The van der Waals surface area contributed by atoms with Crippen molar-refractivity contribution in [3.8, 4) is 11.1 Å². The highest BCUT2D eigenvalue weighted by Crippen LogP contribution is 2.24. The van der Waals surface area contributed by atoms with Crippen molar-refractivity contribution in [3.05, 3.63) is 54.2 Å². The van der Waals surface area contributed by atoms with Crippen molar-refractivity contribution in [1.29, 1.82) is 0 Å². The fourth-order valence-corrected chi connectivity index (χ4v) is 1.90. The van der Waals surface area contributed by atoms with E-state index in [4.69, 9.17) is 0 Å². The van der Waals surface area contributed by atoms with Crippen LogP contribution in [0.1, 0.15) is 5.69 Å². The molecule has 0 atom stereocenters. The first-order chi connectivity index (χ1) is 8.24. The molecule has 0 spiro atoms. The predicted octanol–water partition coefficient (Wildman–Crippen LogP) is 3.68. The van der Waals surface area contributed by atoms with Gasteiger partial charge in [-0.2, -0.15) is 0 Å². The van der Waals surface area contributed by atoms with Crippen molar-refractivity contribution in [3.63, 3.8) is 0 Å². The number of benzene rings is 1. The Morgan fingerprint density at radius 2 is 2.00 bits per heavy atom. The zero-order chi connectivity index (χ0) is 11.8. The monoisotopic (exact) mass is 226 g/mol. The van der Waals surface area contributed by atoms with Gasteiger partial charge in [-0.3, -0.25) is 4.98 Å². The third-order valence-electron chi connectivity index (χ3n) is 2.91. The first-order valence-electron chi connectivity index (χ1n) is 5.44. The van der Waals surface area contributed by atoms with E-state index < -0.39 is 0 Å². The van der Waals surface area contributed by atoms with E-state index in [1.54, 1.807) is 13.1 Å². The van der Waals surface area contributed by atoms with Gasteiger partial charge in [0.15, 0.2) is 0 Å². The van der Waals surface area contributed by atoms with Gasteiger partial charge >= 0.3 is 0 Å². The number of hydrogen-bond acceptors (Lipinski definition) is 1. The summed E-state index contributed by atoms with van der Waals surface area (Å²) in [5.74, 6) is -0.267. The molecule has 0 amide bonds. The van der Waals surface area contributed by atoms with Crippen molar-refractivity contribution in [2.45, 2.75) is 6.92 Å². The highest BCUT2D eigenvalue weighted by Gasteiger charge is 2.04. The molecule has 0 aliphatic heterocycles. The summed E-state index contributed by atoms with van der Waals surface area (Å²) in [6.07, 6.45) is 3.59. The number of hydrogen-bond donors (Lipinski definition) is 1. The number of fused-ring (bicyclic) bond motifs is 1. The number of rotatable bonds is 1. The van der Waals surface area contributed by atoms with Crippen molar-refractivity contribution >= 4 is 10.9 Å². The van der Waals surface area contributed by atoms with Gasteiger partial charge in [0.2, 0.25) is 0 Å². The van der Waals surface area contributed by atoms with Crippen molar-refractivity contribution in [2.75, 3.05) is 0 Å². The van der Waals surface area contributed by atoms with Gasteiger partial charge in [-0.05, 0) is 42.1 Å². The number of pyridine rings is 1. The Balaban J connectivity index is 2.16. The van der Waals surface area contributed by atoms with Crippen LogP contribution in [0.3, 0.4) is 0 Å². The first kappa shape index (κ1) is 10.0. The van der Waals surface area contributed by atoms with Gasteiger partial charge in [0.25, 0.3) is 0 Å². The summed E-state index contributed by atoms with van der Waals surface area (Å²) in [7, 11) is 0. The number of H-pyrrole nitrogens is 1. The summed E-state index contributed by atoms with van der Waals surface area (Å²) in [5.41, 5.74) is 3.28. The molecular weight excluding hydrogens is 215 g/mol. The standard InChI is InChI=1S/C14H11FN2/c1-9-13(15)7-12(8-17-9)10-2-3-14-11(6-10)4-5-16-14/h2-8,16H,1H3. The van der Waals surface area contributed by atoms with Gasteiger partial charge in [0.1, 0.15) is 5.82 Å². The molecule has 1 N–H and O–H groups in total. The molecule has 2 nitrogen and oxygen atoms in total. The van der Waals surface area contributed by atoms with Crippen LogP contribution in [-0.2, 0) is 0 Å². The predicted molar refractivity (Wildman–Crippen MR) is 66.2 cm³/mol. The van der Waals surface area contributed by atoms with Gasteiger partial charge < -0.3 is 4.98 Å². The molecule has 2 heterocycles. The molecule has 0 aliphatic rings. The Morgan fingerprint density at radius 3 is 2.82 bits per heavy atom. The Hall–Kier alpha value is -2.16. The number of nitrogens with one attached hydrogen (secondary N) is 1. The Morgan fingerprint density at radius 1 is 1.12 bits per heavy atom. The molecule has 0 fully saturated rings. The lowest BCUT2D eigenvalue weighted by Gasteiger charge is -2.03. The van der Waals surface area contributed by atoms with E-state index in [9.17, 15) is 4.39 Å². The summed E-state index contributed by atoms with van der Waals surface area (Å²) in [6.45, 7) is 1.66. The van der Waals surface area contributed by atoms with Crippen LogP contribution < -0.4 is 0 Å². The molecule has 2 aromatic heterocycles. The van der Waals surface area contributed by atoms with Gasteiger partial charge in [0.05, 0.1) is 5.69 Å². The quantitative estimate of drug-likeness (QED) is 0.673. The minimum Gasteiger partial charge on any atom is -0.361 e. The third kappa shape index (κ3) is 1.69. The molecule has 84 valence electrons. The lowest BCUT2D eigenvalue weighted by molar-refractivity contribution is 0.610. The molecule has 0 bridgehead atoms. The molecule has 0 unspecified atom stereocenters. The lowest BCUT2D eigenvalue weighted by Crippen LogP contribution is -1.89. The summed E-state index contributed by atoms with van der Waals surface area (Å²) in [6, 6.07) is 9.50. The van der Waals surface area contributed by atoms with Crippen LogP contribution in [0.2, 0.25) is 0 Å². The van der Waals surface area contributed by atoms with E-state index in [-0.39, 0.29) is 5.82 Å². The minimum absolute atomic E-state index is 0.267. The Bertz CT molecular complexity index is 686. The molecule has 1 aromatic carbocycles. The molecule has 3 heteroatoms. The number of aryl methyl sites for hydroxylation is 1. The number of aromatic amines is 1. The molecule has 17 heavy (non-hydrogen) atoms. The smallest absolute Gasteiger partial charge is 0.145 e. The van der Waals surface area contributed by atoms with Gasteiger partial charge in [-0.25, -0.2) is 4.39 Å². The van der Waals surface area contributed by atoms with Crippen LogP contribution in [0.25, 0.3) is 22.0 Å². The van der Waals surface area contributed by atoms with E-state index in [0.717, 1.165) is 22.0 Å². The third-order valence-corrected chi connectivity index (χ3v) is 2.91. The van der Waals surface area contributed by atoms with Crippen molar-refractivity contribution < 1.29 is 4.39 Å². The van der Waals surface area contributed by atoms with Crippen molar-refractivity contribution in [2.24, 2.45) is 0 Å². The molecule has 3 rings (SSSR count). The maximum atomic E-state index is 13.5. The lowest BCUT2D eigenvalue weighted by atomic mass is 10.1. The van der Waals surface area contributed by atoms with E-state index in [0.29, 0.717) is 5.69 Å².